The first-order chi connectivity index (χ1) is 11.4. The SMILES string of the molecule is O=C1CCc2cc(C(=O)Nc3ccc(F)c([N+](=O)[O-])c3)ccc2N1. The highest BCUT2D eigenvalue weighted by atomic mass is 19.1. The lowest BCUT2D eigenvalue weighted by Crippen LogP contribution is -2.20. The lowest BCUT2D eigenvalue weighted by atomic mass is 10.00. The van der Waals surface area contributed by atoms with Gasteiger partial charge in [0.05, 0.1) is 4.92 Å². The monoisotopic (exact) mass is 329 g/mol. The van der Waals surface area contributed by atoms with Gasteiger partial charge in [0.2, 0.25) is 11.7 Å². The number of fused-ring (bicyclic) bond motifs is 1. The second kappa shape index (κ2) is 6.07. The highest BCUT2D eigenvalue weighted by Crippen LogP contribution is 2.25. The van der Waals surface area contributed by atoms with Gasteiger partial charge in [-0.25, -0.2) is 0 Å². The lowest BCUT2D eigenvalue weighted by Gasteiger charge is -2.17. The summed E-state index contributed by atoms with van der Waals surface area (Å²) in [6, 6.07) is 7.97. The van der Waals surface area contributed by atoms with Crippen molar-refractivity contribution in [2.24, 2.45) is 0 Å². The van der Waals surface area contributed by atoms with Gasteiger partial charge in [0.15, 0.2) is 0 Å². The highest BCUT2D eigenvalue weighted by molar-refractivity contribution is 6.05. The number of hydrogen-bond donors (Lipinski definition) is 2. The molecule has 122 valence electrons. The Labute approximate surface area is 135 Å². The number of nitro benzene ring substituents is 1. The molecule has 2 aromatic rings. The van der Waals surface area contributed by atoms with Gasteiger partial charge >= 0.3 is 5.69 Å². The number of nitro groups is 1. The van der Waals surface area contributed by atoms with Gasteiger partial charge in [0.25, 0.3) is 5.91 Å². The van der Waals surface area contributed by atoms with Crippen molar-refractivity contribution in [2.45, 2.75) is 12.8 Å². The van der Waals surface area contributed by atoms with Crippen LogP contribution in [0.2, 0.25) is 0 Å². The Kier molecular flexibility index (Phi) is 3.95. The number of halogens is 1. The number of rotatable bonds is 3. The molecule has 0 saturated heterocycles. The minimum atomic E-state index is -0.970. The number of nitrogens with one attached hydrogen (secondary N) is 2. The van der Waals surface area contributed by atoms with Crippen LogP contribution < -0.4 is 10.6 Å². The minimum Gasteiger partial charge on any atom is -0.326 e. The van der Waals surface area contributed by atoms with E-state index >= 15 is 0 Å². The van der Waals surface area contributed by atoms with Crippen LogP contribution in [0.3, 0.4) is 0 Å². The Bertz CT molecular complexity index is 866. The van der Waals surface area contributed by atoms with E-state index in [2.05, 4.69) is 10.6 Å². The van der Waals surface area contributed by atoms with Crippen molar-refractivity contribution in [3.8, 4) is 0 Å². The fraction of sp³-hybridized carbons (Fsp3) is 0.125. The summed E-state index contributed by atoms with van der Waals surface area (Å²) in [5, 5.41) is 15.9. The Balaban J connectivity index is 1.82. The van der Waals surface area contributed by atoms with Gasteiger partial charge in [-0.2, -0.15) is 4.39 Å². The molecule has 0 spiro atoms. The molecule has 0 saturated carbocycles. The lowest BCUT2D eigenvalue weighted by molar-refractivity contribution is -0.387. The fourth-order valence-corrected chi connectivity index (χ4v) is 2.46. The molecular formula is C16H12FN3O4. The summed E-state index contributed by atoms with van der Waals surface area (Å²) in [4.78, 5) is 33.5. The molecule has 7 nitrogen and oxygen atoms in total. The Morgan fingerprint density at radius 2 is 2.00 bits per heavy atom. The van der Waals surface area contributed by atoms with Crippen LogP contribution in [0.5, 0.6) is 0 Å². The predicted molar refractivity (Wildman–Crippen MR) is 84.4 cm³/mol. The first-order valence-corrected chi connectivity index (χ1v) is 7.12. The zero-order chi connectivity index (χ0) is 17.3. The third-order valence-electron chi connectivity index (χ3n) is 3.66. The van der Waals surface area contributed by atoms with Crippen LogP contribution in [0.15, 0.2) is 36.4 Å². The fourth-order valence-electron chi connectivity index (χ4n) is 2.46. The quantitative estimate of drug-likeness (QED) is 0.668. The van der Waals surface area contributed by atoms with E-state index in [1.165, 1.54) is 12.1 Å². The Hall–Kier alpha value is -3.29. The van der Waals surface area contributed by atoms with E-state index < -0.39 is 22.3 Å². The van der Waals surface area contributed by atoms with Crippen LogP contribution in [0.1, 0.15) is 22.3 Å². The maximum absolute atomic E-state index is 13.3. The molecule has 0 unspecified atom stereocenters. The van der Waals surface area contributed by atoms with Gasteiger partial charge in [-0.15, -0.1) is 0 Å². The van der Waals surface area contributed by atoms with E-state index in [1.807, 2.05) is 0 Å². The van der Waals surface area contributed by atoms with Crippen LogP contribution in [-0.2, 0) is 11.2 Å². The van der Waals surface area contributed by atoms with Crippen LogP contribution in [0.25, 0.3) is 0 Å². The number of amides is 2. The molecule has 2 amide bonds. The van der Waals surface area contributed by atoms with Crippen LogP contribution in [0.4, 0.5) is 21.5 Å². The molecule has 1 aliphatic rings. The molecule has 0 radical (unpaired) electrons. The summed E-state index contributed by atoms with van der Waals surface area (Å²) in [5.74, 6) is -1.52. The van der Waals surface area contributed by atoms with Gasteiger partial charge in [-0.1, -0.05) is 0 Å². The van der Waals surface area contributed by atoms with Crippen molar-refractivity contribution in [1.82, 2.24) is 0 Å². The summed E-state index contributed by atoms with van der Waals surface area (Å²) in [6.07, 6.45) is 0.881. The molecule has 2 N–H and O–H groups in total. The zero-order valence-corrected chi connectivity index (χ0v) is 12.3. The second-order valence-corrected chi connectivity index (χ2v) is 5.30. The van der Waals surface area contributed by atoms with E-state index in [0.29, 0.717) is 24.1 Å². The smallest absolute Gasteiger partial charge is 0.306 e. The number of nitrogens with zero attached hydrogens (tertiary/aromatic N) is 1. The van der Waals surface area contributed by atoms with Crippen LogP contribution >= 0.6 is 0 Å². The topological polar surface area (TPSA) is 101 Å². The average Bonchev–Trinajstić information content (AvgIpc) is 2.55. The van der Waals surface area contributed by atoms with Gasteiger partial charge in [-0.05, 0) is 42.3 Å². The molecule has 8 heteroatoms. The maximum Gasteiger partial charge on any atom is 0.306 e. The third kappa shape index (κ3) is 3.07. The van der Waals surface area contributed by atoms with Crippen molar-refractivity contribution in [2.75, 3.05) is 10.6 Å². The molecule has 0 aromatic heterocycles. The first-order valence-electron chi connectivity index (χ1n) is 7.12. The highest BCUT2D eigenvalue weighted by Gasteiger charge is 2.18. The summed E-state index contributed by atoms with van der Waals surface area (Å²) in [7, 11) is 0. The number of aryl methyl sites for hydroxylation is 1. The molecule has 3 rings (SSSR count). The first kappa shape index (κ1) is 15.6. The van der Waals surface area contributed by atoms with E-state index in [9.17, 15) is 24.1 Å². The van der Waals surface area contributed by atoms with Crippen LogP contribution in [0, 0.1) is 15.9 Å². The molecule has 1 heterocycles. The van der Waals surface area contributed by atoms with Crippen molar-refractivity contribution < 1.29 is 18.9 Å². The van der Waals surface area contributed by atoms with Gasteiger partial charge < -0.3 is 10.6 Å². The Morgan fingerprint density at radius 3 is 2.75 bits per heavy atom. The summed E-state index contributed by atoms with van der Waals surface area (Å²) >= 11 is 0. The second-order valence-electron chi connectivity index (χ2n) is 5.30. The van der Waals surface area contributed by atoms with Gasteiger partial charge in [0.1, 0.15) is 0 Å². The predicted octanol–water partition coefficient (Wildman–Crippen LogP) is 2.87. The average molecular weight is 329 g/mol. The maximum atomic E-state index is 13.3. The molecule has 0 fully saturated rings. The number of benzene rings is 2. The summed E-state index contributed by atoms with van der Waals surface area (Å²) in [5.41, 5.74) is 1.27. The van der Waals surface area contributed by atoms with Crippen molar-refractivity contribution in [3.63, 3.8) is 0 Å². The summed E-state index contributed by atoms with van der Waals surface area (Å²) < 4.78 is 13.3. The largest absolute Gasteiger partial charge is 0.326 e. The molecular weight excluding hydrogens is 317 g/mol. The number of carbonyl (C=O) groups excluding carboxylic acids is 2. The zero-order valence-electron chi connectivity index (χ0n) is 12.3. The van der Waals surface area contributed by atoms with E-state index in [4.69, 9.17) is 0 Å². The summed E-state index contributed by atoms with van der Waals surface area (Å²) in [6.45, 7) is 0. The number of hydrogen-bond acceptors (Lipinski definition) is 4. The number of carbonyl (C=O) groups is 2. The normalized spacial score (nSPS) is 13.0. The minimum absolute atomic E-state index is 0.0710. The molecule has 0 bridgehead atoms. The van der Waals surface area contributed by atoms with E-state index in [1.54, 1.807) is 12.1 Å². The van der Waals surface area contributed by atoms with Crippen molar-refractivity contribution in [1.29, 1.82) is 0 Å². The number of anilines is 2. The molecule has 0 atom stereocenters. The van der Waals surface area contributed by atoms with Gasteiger partial charge in [0, 0.05) is 29.4 Å². The molecule has 2 aromatic carbocycles. The third-order valence-corrected chi connectivity index (χ3v) is 3.66. The van der Waals surface area contributed by atoms with Crippen LogP contribution in [-0.4, -0.2) is 16.7 Å². The molecule has 24 heavy (non-hydrogen) atoms. The van der Waals surface area contributed by atoms with Gasteiger partial charge in [-0.3, -0.25) is 19.7 Å². The van der Waals surface area contributed by atoms with Crippen molar-refractivity contribution in [3.05, 3.63) is 63.5 Å². The van der Waals surface area contributed by atoms with E-state index in [0.717, 1.165) is 17.7 Å². The molecule has 0 aliphatic carbocycles. The standard InChI is InChI=1S/C16H12FN3O4/c17-12-4-3-11(8-14(12)20(23)24)18-16(22)10-1-5-13-9(7-10)2-6-15(21)19-13/h1,3-5,7-8H,2,6H2,(H,18,22)(H,19,21). The van der Waals surface area contributed by atoms with E-state index in [-0.39, 0.29) is 11.6 Å². The Morgan fingerprint density at radius 1 is 1.21 bits per heavy atom. The van der Waals surface area contributed by atoms with Crippen molar-refractivity contribution >= 4 is 28.9 Å². The molecule has 1 aliphatic heterocycles.